The molecule has 1 aliphatic heterocycles. The summed E-state index contributed by atoms with van der Waals surface area (Å²) >= 11 is 0. The van der Waals surface area contributed by atoms with Crippen molar-refractivity contribution >= 4 is 17.9 Å². The molecule has 0 radical (unpaired) electrons. The standard InChI is InChI=1S/C13H13NO2/c1-9(2)12-14-11(13(15)16-12)8-10-6-4-3-5-7-10/h3-9H,1-2H3/b11-8+. The van der Waals surface area contributed by atoms with Crippen LogP contribution in [0.1, 0.15) is 19.4 Å². The van der Waals surface area contributed by atoms with E-state index in [2.05, 4.69) is 4.99 Å². The Balaban J connectivity index is 2.29. The molecular formula is C13H13NO2. The van der Waals surface area contributed by atoms with Gasteiger partial charge in [0.2, 0.25) is 5.90 Å². The molecule has 82 valence electrons. The lowest BCUT2D eigenvalue weighted by Gasteiger charge is -1.99. The Hall–Kier alpha value is -1.90. The minimum absolute atomic E-state index is 0.130. The van der Waals surface area contributed by atoms with E-state index >= 15 is 0 Å². The molecule has 0 aromatic heterocycles. The zero-order chi connectivity index (χ0) is 11.5. The van der Waals surface area contributed by atoms with Gasteiger partial charge >= 0.3 is 5.97 Å². The lowest BCUT2D eigenvalue weighted by atomic mass is 10.2. The summed E-state index contributed by atoms with van der Waals surface area (Å²) in [5, 5.41) is 0. The second-order valence-electron chi connectivity index (χ2n) is 3.93. The molecule has 0 saturated heterocycles. The van der Waals surface area contributed by atoms with Crippen LogP contribution in [-0.4, -0.2) is 11.9 Å². The summed E-state index contributed by atoms with van der Waals surface area (Å²) in [4.78, 5) is 15.7. The van der Waals surface area contributed by atoms with Gasteiger partial charge in [-0.2, -0.15) is 0 Å². The van der Waals surface area contributed by atoms with Crippen LogP contribution in [-0.2, 0) is 9.53 Å². The van der Waals surface area contributed by atoms with Gasteiger partial charge in [-0.15, -0.1) is 0 Å². The maximum absolute atomic E-state index is 11.5. The predicted octanol–water partition coefficient (Wildman–Crippen LogP) is 2.64. The molecule has 3 nitrogen and oxygen atoms in total. The van der Waals surface area contributed by atoms with Gasteiger partial charge in [-0.25, -0.2) is 9.79 Å². The summed E-state index contributed by atoms with van der Waals surface area (Å²) < 4.78 is 5.05. The molecule has 0 atom stereocenters. The fraction of sp³-hybridized carbons (Fsp3) is 0.231. The Morgan fingerprint density at radius 1 is 1.25 bits per heavy atom. The summed E-state index contributed by atoms with van der Waals surface area (Å²) in [6, 6.07) is 9.60. The number of carbonyl (C=O) groups excluding carboxylic acids is 1. The van der Waals surface area contributed by atoms with Crippen molar-refractivity contribution in [2.24, 2.45) is 10.9 Å². The molecular weight excluding hydrogens is 202 g/mol. The first-order valence-corrected chi connectivity index (χ1v) is 5.24. The molecule has 1 aromatic carbocycles. The number of hydrogen-bond acceptors (Lipinski definition) is 3. The number of carbonyl (C=O) groups is 1. The number of ether oxygens (including phenoxy) is 1. The minimum Gasteiger partial charge on any atom is -0.407 e. The molecule has 0 bridgehead atoms. The third-order valence-electron chi connectivity index (χ3n) is 2.23. The van der Waals surface area contributed by atoms with Crippen molar-refractivity contribution in [3.63, 3.8) is 0 Å². The molecule has 3 heteroatoms. The molecule has 0 spiro atoms. The first kappa shape index (κ1) is 10.6. The zero-order valence-electron chi connectivity index (χ0n) is 9.31. The lowest BCUT2D eigenvalue weighted by molar-refractivity contribution is -0.130. The number of benzene rings is 1. The van der Waals surface area contributed by atoms with Gasteiger partial charge in [0.1, 0.15) is 0 Å². The van der Waals surface area contributed by atoms with Crippen molar-refractivity contribution in [2.45, 2.75) is 13.8 Å². The van der Waals surface area contributed by atoms with E-state index in [-0.39, 0.29) is 11.9 Å². The van der Waals surface area contributed by atoms with Crippen LogP contribution in [0.5, 0.6) is 0 Å². The van der Waals surface area contributed by atoms with Crippen LogP contribution in [0.2, 0.25) is 0 Å². The van der Waals surface area contributed by atoms with Crippen LogP contribution >= 0.6 is 0 Å². The second kappa shape index (κ2) is 4.31. The molecule has 0 aliphatic carbocycles. The topological polar surface area (TPSA) is 38.7 Å². The average molecular weight is 215 g/mol. The highest BCUT2D eigenvalue weighted by molar-refractivity contribution is 6.07. The molecule has 0 N–H and O–H groups in total. The highest BCUT2D eigenvalue weighted by Gasteiger charge is 2.24. The molecule has 1 aromatic rings. The third-order valence-corrected chi connectivity index (χ3v) is 2.23. The van der Waals surface area contributed by atoms with E-state index in [4.69, 9.17) is 4.74 Å². The maximum Gasteiger partial charge on any atom is 0.363 e. The van der Waals surface area contributed by atoms with Crippen LogP contribution in [0, 0.1) is 5.92 Å². The summed E-state index contributed by atoms with van der Waals surface area (Å²) in [6.07, 6.45) is 1.73. The van der Waals surface area contributed by atoms with Crippen molar-refractivity contribution in [1.82, 2.24) is 0 Å². The van der Waals surface area contributed by atoms with E-state index in [0.717, 1.165) is 5.56 Å². The van der Waals surface area contributed by atoms with E-state index < -0.39 is 0 Å². The maximum atomic E-state index is 11.5. The Kier molecular flexibility index (Phi) is 2.86. The van der Waals surface area contributed by atoms with E-state index in [9.17, 15) is 4.79 Å². The van der Waals surface area contributed by atoms with E-state index in [1.54, 1.807) is 6.08 Å². The number of rotatable bonds is 2. The normalized spacial score (nSPS) is 17.8. The van der Waals surface area contributed by atoms with Gasteiger partial charge in [0.05, 0.1) is 0 Å². The molecule has 1 heterocycles. The number of cyclic esters (lactones) is 1. The van der Waals surface area contributed by atoms with Crippen molar-refractivity contribution in [2.75, 3.05) is 0 Å². The van der Waals surface area contributed by atoms with Crippen molar-refractivity contribution in [1.29, 1.82) is 0 Å². The Morgan fingerprint density at radius 3 is 2.50 bits per heavy atom. The first-order chi connectivity index (χ1) is 7.66. The Labute approximate surface area is 94.5 Å². The van der Waals surface area contributed by atoms with Crippen molar-refractivity contribution in [3.8, 4) is 0 Å². The number of esters is 1. The van der Waals surface area contributed by atoms with Crippen LogP contribution in [0.25, 0.3) is 6.08 Å². The summed E-state index contributed by atoms with van der Waals surface area (Å²) in [5.74, 6) is 0.255. The van der Waals surface area contributed by atoms with Crippen LogP contribution < -0.4 is 0 Å². The van der Waals surface area contributed by atoms with E-state index in [0.29, 0.717) is 11.6 Å². The minimum atomic E-state index is -0.368. The van der Waals surface area contributed by atoms with E-state index in [1.165, 1.54) is 0 Å². The van der Waals surface area contributed by atoms with Gasteiger partial charge in [0.15, 0.2) is 5.70 Å². The molecule has 0 saturated carbocycles. The molecule has 0 amide bonds. The molecule has 2 rings (SSSR count). The highest BCUT2D eigenvalue weighted by Crippen LogP contribution is 2.18. The third kappa shape index (κ3) is 2.19. The van der Waals surface area contributed by atoms with Gasteiger partial charge in [0.25, 0.3) is 0 Å². The van der Waals surface area contributed by atoms with Gasteiger partial charge in [-0.1, -0.05) is 44.2 Å². The smallest absolute Gasteiger partial charge is 0.363 e. The summed E-state index contributed by atoms with van der Waals surface area (Å²) in [5.41, 5.74) is 1.32. The van der Waals surface area contributed by atoms with Crippen LogP contribution in [0.3, 0.4) is 0 Å². The highest BCUT2D eigenvalue weighted by atomic mass is 16.6. The van der Waals surface area contributed by atoms with Gasteiger partial charge in [-0.3, -0.25) is 0 Å². The number of hydrogen-bond donors (Lipinski definition) is 0. The second-order valence-corrected chi connectivity index (χ2v) is 3.93. The average Bonchev–Trinajstić information content (AvgIpc) is 2.62. The molecule has 1 aliphatic rings. The lowest BCUT2D eigenvalue weighted by Crippen LogP contribution is -2.09. The zero-order valence-corrected chi connectivity index (χ0v) is 9.31. The Morgan fingerprint density at radius 2 is 1.94 bits per heavy atom. The van der Waals surface area contributed by atoms with Gasteiger partial charge < -0.3 is 4.74 Å². The van der Waals surface area contributed by atoms with Crippen LogP contribution in [0.15, 0.2) is 41.0 Å². The monoisotopic (exact) mass is 215 g/mol. The van der Waals surface area contributed by atoms with E-state index in [1.807, 2.05) is 44.2 Å². The molecule has 0 fully saturated rings. The summed E-state index contributed by atoms with van der Waals surface area (Å²) in [7, 11) is 0. The fourth-order valence-corrected chi connectivity index (χ4v) is 1.38. The van der Waals surface area contributed by atoms with Gasteiger partial charge in [-0.05, 0) is 11.6 Å². The summed E-state index contributed by atoms with van der Waals surface area (Å²) in [6.45, 7) is 3.88. The number of nitrogens with zero attached hydrogens (tertiary/aromatic N) is 1. The van der Waals surface area contributed by atoms with Gasteiger partial charge in [0, 0.05) is 5.92 Å². The predicted molar refractivity (Wildman–Crippen MR) is 62.8 cm³/mol. The number of aliphatic imine (C=N–C) groups is 1. The van der Waals surface area contributed by atoms with Crippen molar-refractivity contribution in [3.05, 3.63) is 41.6 Å². The SMILES string of the molecule is CC(C)C1=N/C(=C/c2ccccc2)C(=O)O1. The molecule has 16 heavy (non-hydrogen) atoms. The van der Waals surface area contributed by atoms with Crippen LogP contribution in [0.4, 0.5) is 0 Å². The Bertz CT molecular complexity index is 458. The largest absolute Gasteiger partial charge is 0.407 e. The quantitative estimate of drug-likeness (QED) is 0.562. The first-order valence-electron chi connectivity index (χ1n) is 5.24. The van der Waals surface area contributed by atoms with Crippen molar-refractivity contribution < 1.29 is 9.53 Å². The molecule has 0 unspecified atom stereocenters. The fourth-order valence-electron chi connectivity index (χ4n) is 1.38.